The molecule has 0 unspecified atom stereocenters. The van der Waals surface area contributed by atoms with Crippen LogP contribution in [-0.2, 0) is 6.54 Å². The SMILES string of the molecule is CCn1c(Sc2ncccc2[C@@H](C)O)n[nH]c1=O. The highest BCUT2D eigenvalue weighted by Crippen LogP contribution is 2.29. The highest BCUT2D eigenvalue weighted by molar-refractivity contribution is 7.99. The number of aliphatic hydroxyl groups is 1. The van der Waals surface area contributed by atoms with E-state index in [-0.39, 0.29) is 5.69 Å². The third-order valence-electron chi connectivity index (χ3n) is 2.48. The Kier molecular flexibility index (Phi) is 3.83. The van der Waals surface area contributed by atoms with E-state index in [1.54, 1.807) is 25.3 Å². The number of aliphatic hydroxyl groups excluding tert-OH is 1. The quantitative estimate of drug-likeness (QED) is 0.868. The highest BCUT2D eigenvalue weighted by Gasteiger charge is 2.14. The Hall–Kier alpha value is -1.60. The molecule has 0 amide bonds. The van der Waals surface area contributed by atoms with E-state index in [1.807, 2.05) is 6.92 Å². The van der Waals surface area contributed by atoms with E-state index < -0.39 is 6.10 Å². The molecule has 1 atom stereocenters. The first kappa shape index (κ1) is 12.8. The number of hydrogen-bond donors (Lipinski definition) is 2. The Morgan fingerprint density at radius 1 is 1.61 bits per heavy atom. The fourth-order valence-corrected chi connectivity index (χ4v) is 2.61. The summed E-state index contributed by atoms with van der Waals surface area (Å²) in [6.45, 7) is 4.09. The predicted octanol–water partition coefficient (Wildman–Crippen LogP) is 1.19. The van der Waals surface area contributed by atoms with Gasteiger partial charge in [-0.2, -0.15) is 0 Å². The van der Waals surface area contributed by atoms with Gasteiger partial charge in [-0.05, 0) is 31.7 Å². The van der Waals surface area contributed by atoms with Gasteiger partial charge in [0.1, 0.15) is 5.03 Å². The first-order valence-electron chi connectivity index (χ1n) is 5.59. The van der Waals surface area contributed by atoms with Crippen molar-refractivity contribution in [2.75, 3.05) is 0 Å². The summed E-state index contributed by atoms with van der Waals surface area (Å²) in [6, 6.07) is 3.57. The van der Waals surface area contributed by atoms with Crippen molar-refractivity contribution in [3.63, 3.8) is 0 Å². The summed E-state index contributed by atoms with van der Waals surface area (Å²) in [5, 5.41) is 17.2. The number of nitrogens with one attached hydrogen (secondary N) is 1. The van der Waals surface area contributed by atoms with E-state index in [1.165, 1.54) is 16.3 Å². The van der Waals surface area contributed by atoms with Crippen LogP contribution < -0.4 is 5.69 Å². The molecule has 0 aliphatic rings. The number of aromatic amines is 1. The van der Waals surface area contributed by atoms with E-state index in [0.29, 0.717) is 16.7 Å². The molecule has 2 heterocycles. The van der Waals surface area contributed by atoms with Gasteiger partial charge in [0.25, 0.3) is 0 Å². The number of pyridine rings is 1. The van der Waals surface area contributed by atoms with Crippen LogP contribution in [0.25, 0.3) is 0 Å². The molecule has 2 aromatic heterocycles. The average Bonchev–Trinajstić information content (AvgIpc) is 2.70. The summed E-state index contributed by atoms with van der Waals surface area (Å²) in [7, 11) is 0. The monoisotopic (exact) mass is 266 g/mol. The van der Waals surface area contributed by atoms with Gasteiger partial charge in [0.15, 0.2) is 5.16 Å². The molecule has 0 saturated carbocycles. The number of rotatable bonds is 4. The van der Waals surface area contributed by atoms with Crippen LogP contribution in [0, 0.1) is 0 Å². The van der Waals surface area contributed by atoms with E-state index >= 15 is 0 Å². The molecule has 96 valence electrons. The van der Waals surface area contributed by atoms with Crippen LogP contribution in [0.3, 0.4) is 0 Å². The molecular formula is C11H14N4O2S. The molecule has 6 nitrogen and oxygen atoms in total. The molecule has 2 N–H and O–H groups in total. The average molecular weight is 266 g/mol. The maximum atomic E-state index is 11.4. The summed E-state index contributed by atoms with van der Waals surface area (Å²) in [4.78, 5) is 15.7. The van der Waals surface area contributed by atoms with Gasteiger partial charge in [0.2, 0.25) is 0 Å². The lowest BCUT2D eigenvalue weighted by Gasteiger charge is -2.09. The van der Waals surface area contributed by atoms with E-state index in [2.05, 4.69) is 15.2 Å². The molecule has 0 saturated heterocycles. The van der Waals surface area contributed by atoms with Crippen molar-refractivity contribution in [2.45, 2.75) is 36.7 Å². The van der Waals surface area contributed by atoms with Gasteiger partial charge in [-0.25, -0.2) is 14.9 Å². The van der Waals surface area contributed by atoms with Crippen molar-refractivity contribution in [2.24, 2.45) is 0 Å². The number of H-pyrrole nitrogens is 1. The lowest BCUT2D eigenvalue weighted by Crippen LogP contribution is -2.16. The molecule has 2 aromatic rings. The van der Waals surface area contributed by atoms with Gasteiger partial charge in [-0.1, -0.05) is 6.07 Å². The maximum absolute atomic E-state index is 11.4. The van der Waals surface area contributed by atoms with Crippen molar-refractivity contribution in [3.05, 3.63) is 34.4 Å². The Labute approximate surface area is 108 Å². The molecular weight excluding hydrogens is 252 g/mol. The maximum Gasteiger partial charge on any atom is 0.343 e. The molecule has 0 fully saturated rings. The molecule has 18 heavy (non-hydrogen) atoms. The second-order valence-corrected chi connectivity index (χ2v) is 4.69. The zero-order chi connectivity index (χ0) is 13.1. The van der Waals surface area contributed by atoms with E-state index in [4.69, 9.17) is 0 Å². The molecule has 0 aromatic carbocycles. The Balaban J connectivity index is 2.37. The molecule has 0 aliphatic heterocycles. The highest BCUT2D eigenvalue weighted by atomic mass is 32.2. The normalized spacial score (nSPS) is 12.6. The molecule has 2 rings (SSSR count). The van der Waals surface area contributed by atoms with Crippen molar-refractivity contribution in [1.82, 2.24) is 19.7 Å². The minimum Gasteiger partial charge on any atom is -0.389 e. The van der Waals surface area contributed by atoms with Crippen molar-refractivity contribution >= 4 is 11.8 Å². The number of aromatic nitrogens is 4. The molecule has 0 bridgehead atoms. The van der Waals surface area contributed by atoms with Crippen LogP contribution in [0.15, 0.2) is 33.3 Å². The Morgan fingerprint density at radius 3 is 3.06 bits per heavy atom. The number of nitrogens with zero attached hydrogens (tertiary/aromatic N) is 3. The fourth-order valence-electron chi connectivity index (χ4n) is 1.55. The van der Waals surface area contributed by atoms with Crippen LogP contribution >= 0.6 is 11.8 Å². The van der Waals surface area contributed by atoms with Gasteiger partial charge >= 0.3 is 5.69 Å². The zero-order valence-corrected chi connectivity index (χ0v) is 10.9. The van der Waals surface area contributed by atoms with Crippen LogP contribution in [0.2, 0.25) is 0 Å². The largest absolute Gasteiger partial charge is 0.389 e. The summed E-state index contributed by atoms with van der Waals surface area (Å²) in [5.74, 6) is 0. The summed E-state index contributed by atoms with van der Waals surface area (Å²) in [6.07, 6.45) is 1.04. The molecule has 0 aliphatic carbocycles. The third kappa shape index (κ3) is 2.46. The van der Waals surface area contributed by atoms with Crippen molar-refractivity contribution in [1.29, 1.82) is 0 Å². The molecule has 0 spiro atoms. The molecule has 7 heteroatoms. The lowest BCUT2D eigenvalue weighted by molar-refractivity contribution is 0.195. The van der Waals surface area contributed by atoms with Crippen molar-refractivity contribution < 1.29 is 5.11 Å². The molecule has 0 radical (unpaired) electrons. The topological polar surface area (TPSA) is 83.8 Å². The van der Waals surface area contributed by atoms with E-state index in [0.717, 1.165) is 5.56 Å². The number of hydrogen-bond acceptors (Lipinski definition) is 5. The minimum atomic E-state index is -0.609. The second-order valence-electron chi connectivity index (χ2n) is 3.73. The van der Waals surface area contributed by atoms with Gasteiger partial charge < -0.3 is 5.11 Å². The lowest BCUT2D eigenvalue weighted by atomic mass is 10.2. The van der Waals surface area contributed by atoms with Crippen LogP contribution in [0.1, 0.15) is 25.5 Å². The van der Waals surface area contributed by atoms with Gasteiger partial charge in [0, 0.05) is 18.3 Å². The van der Waals surface area contributed by atoms with Gasteiger partial charge in [-0.3, -0.25) is 4.57 Å². The summed E-state index contributed by atoms with van der Waals surface area (Å²) < 4.78 is 1.52. The Bertz CT molecular complexity index is 591. The van der Waals surface area contributed by atoms with Crippen LogP contribution in [-0.4, -0.2) is 24.9 Å². The fraction of sp³-hybridized carbons (Fsp3) is 0.364. The van der Waals surface area contributed by atoms with Gasteiger partial charge in [-0.15, -0.1) is 5.10 Å². The first-order chi connectivity index (χ1) is 8.63. The summed E-state index contributed by atoms with van der Waals surface area (Å²) >= 11 is 1.26. The van der Waals surface area contributed by atoms with Crippen molar-refractivity contribution in [3.8, 4) is 0 Å². The Morgan fingerprint density at radius 2 is 2.39 bits per heavy atom. The minimum absolute atomic E-state index is 0.241. The third-order valence-corrected chi connectivity index (χ3v) is 3.51. The van der Waals surface area contributed by atoms with E-state index in [9.17, 15) is 9.90 Å². The van der Waals surface area contributed by atoms with Crippen LogP contribution in [0.4, 0.5) is 0 Å². The predicted molar refractivity (Wildman–Crippen MR) is 67.5 cm³/mol. The zero-order valence-electron chi connectivity index (χ0n) is 10.1. The smallest absolute Gasteiger partial charge is 0.343 e. The first-order valence-corrected chi connectivity index (χ1v) is 6.41. The summed E-state index contributed by atoms with van der Waals surface area (Å²) in [5.41, 5.74) is 0.482. The van der Waals surface area contributed by atoms with Crippen LogP contribution in [0.5, 0.6) is 0 Å². The standard InChI is InChI=1S/C11H14N4O2S/c1-3-15-10(17)13-14-11(15)18-9-8(7(2)16)5-4-6-12-9/h4-7,16H,3H2,1-2H3,(H,13,17)/t7-/m1/s1. The second kappa shape index (κ2) is 5.36. The van der Waals surface area contributed by atoms with Gasteiger partial charge in [0.05, 0.1) is 6.10 Å².